The van der Waals surface area contributed by atoms with Crippen molar-refractivity contribution in [3.63, 3.8) is 0 Å². The predicted octanol–water partition coefficient (Wildman–Crippen LogP) is 4.13. The van der Waals surface area contributed by atoms with Crippen molar-refractivity contribution in [2.45, 2.75) is 4.90 Å². The van der Waals surface area contributed by atoms with Gasteiger partial charge in [-0.2, -0.15) is 8.42 Å². The van der Waals surface area contributed by atoms with Crippen molar-refractivity contribution in [3.05, 3.63) is 78.9 Å². The second-order valence-corrected chi connectivity index (χ2v) is 6.57. The lowest BCUT2D eigenvalue weighted by Crippen LogP contribution is -2.11. The average molecular weight is 340 g/mol. The molecule has 0 heterocycles. The lowest BCUT2D eigenvalue weighted by molar-refractivity contribution is 0.398. The Kier molecular flexibility index (Phi) is 4.53. The predicted molar refractivity (Wildman–Crippen MR) is 92.7 cm³/mol. The fourth-order valence-electron chi connectivity index (χ4n) is 2.38. The Morgan fingerprint density at radius 3 is 2.00 bits per heavy atom. The van der Waals surface area contributed by atoms with Gasteiger partial charge in [0.2, 0.25) is 0 Å². The van der Waals surface area contributed by atoms with Crippen molar-refractivity contribution >= 4 is 10.1 Å². The van der Waals surface area contributed by atoms with E-state index in [0.29, 0.717) is 5.56 Å². The van der Waals surface area contributed by atoms with Crippen molar-refractivity contribution in [1.29, 1.82) is 0 Å². The molecule has 0 bridgehead atoms. The van der Waals surface area contributed by atoms with E-state index in [2.05, 4.69) is 0 Å². The van der Waals surface area contributed by atoms with Gasteiger partial charge in [-0.25, -0.2) is 0 Å². The molecule has 24 heavy (non-hydrogen) atoms. The van der Waals surface area contributed by atoms with Crippen LogP contribution in [0.1, 0.15) is 0 Å². The maximum Gasteiger partial charge on any atom is 0.342 e. The van der Waals surface area contributed by atoms with E-state index >= 15 is 0 Å². The second-order valence-electron chi connectivity index (χ2n) is 5.05. The zero-order chi connectivity index (χ0) is 17.0. The van der Waals surface area contributed by atoms with Crippen LogP contribution in [0.4, 0.5) is 0 Å². The Bertz CT molecular complexity index is 934. The summed E-state index contributed by atoms with van der Waals surface area (Å²) in [6.07, 6.45) is 0. The molecule has 0 unspecified atom stereocenters. The van der Waals surface area contributed by atoms with Crippen molar-refractivity contribution in [1.82, 2.24) is 0 Å². The second kappa shape index (κ2) is 6.76. The van der Waals surface area contributed by atoms with E-state index < -0.39 is 10.1 Å². The third-order valence-corrected chi connectivity index (χ3v) is 4.78. The third kappa shape index (κ3) is 3.26. The first-order valence-electron chi connectivity index (χ1n) is 7.34. The van der Waals surface area contributed by atoms with Crippen LogP contribution in [0.3, 0.4) is 0 Å². The van der Waals surface area contributed by atoms with Crippen LogP contribution in [-0.2, 0) is 10.1 Å². The minimum Gasteiger partial charge on any atom is -0.495 e. The van der Waals surface area contributed by atoms with Crippen LogP contribution >= 0.6 is 0 Å². The zero-order valence-electron chi connectivity index (χ0n) is 13.0. The fourth-order valence-corrected chi connectivity index (χ4v) is 3.50. The summed E-state index contributed by atoms with van der Waals surface area (Å²) in [4.78, 5) is -0.00429. The molecule has 0 spiro atoms. The summed E-state index contributed by atoms with van der Waals surface area (Å²) in [6, 6.07) is 22.9. The smallest absolute Gasteiger partial charge is 0.342 e. The topological polar surface area (TPSA) is 52.6 Å². The molecule has 0 aliphatic heterocycles. The van der Waals surface area contributed by atoms with E-state index in [-0.39, 0.29) is 16.4 Å². The van der Waals surface area contributed by atoms with Crippen LogP contribution in [-0.4, -0.2) is 15.5 Å². The van der Waals surface area contributed by atoms with Gasteiger partial charge in [0.25, 0.3) is 0 Å². The maximum atomic E-state index is 12.7. The molecule has 122 valence electrons. The van der Waals surface area contributed by atoms with Gasteiger partial charge in [-0.3, -0.25) is 0 Å². The summed E-state index contributed by atoms with van der Waals surface area (Å²) in [5.74, 6) is 0.518. The van der Waals surface area contributed by atoms with Crippen LogP contribution in [0.2, 0.25) is 0 Å². The van der Waals surface area contributed by atoms with E-state index in [1.54, 1.807) is 30.3 Å². The summed E-state index contributed by atoms with van der Waals surface area (Å²) in [6.45, 7) is 0. The molecule has 0 aromatic heterocycles. The Hall–Kier alpha value is -2.79. The van der Waals surface area contributed by atoms with Gasteiger partial charge >= 0.3 is 10.1 Å². The molecule has 3 aromatic rings. The quantitative estimate of drug-likeness (QED) is 0.655. The number of hydrogen-bond donors (Lipinski definition) is 0. The monoisotopic (exact) mass is 340 g/mol. The van der Waals surface area contributed by atoms with E-state index in [0.717, 1.165) is 5.56 Å². The molecule has 3 aromatic carbocycles. The summed E-state index contributed by atoms with van der Waals surface area (Å²) >= 11 is 0. The standard InChI is InChI=1S/C19H16O4S/c1-22-18-13-7-8-14-19(18)24(20,21)23-17-12-6-5-11-16(17)15-9-3-2-4-10-15/h2-14H,1H3. The molecule has 5 heteroatoms. The SMILES string of the molecule is COc1ccccc1S(=O)(=O)Oc1ccccc1-c1ccccc1. The van der Waals surface area contributed by atoms with Gasteiger partial charge in [-0.05, 0) is 23.8 Å². The van der Waals surface area contributed by atoms with Crippen LogP contribution in [0.5, 0.6) is 11.5 Å². The van der Waals surface area contributed by atoms with Gasteiger partial charge in [-0.1, -0.05) is 60.7 Å². The average Bonchev–Trinajstić information content (AvgIpc) is 2.62. The van der Waals surface area contributed by atoms with Gasteiger partial charge in [0, 0.05) is 5.56 Å². The Balaban J connectivity index is 2.03. The first kappa shape index (κ1) is 16.1. The fraction of sp³-hybridized carbons (Fsp3) is 0.0526. The number of para-hydroxylation sites is 2. The van der Waals surface area contributed by atoms with E-state index in [1.807, 2.05) is 42.5 Å². The van der Waals surface area contributed by atoms with Gasteiger partial charge in [0.05, 0.1) is 7.11 Å². The number of methoxy groups -OCH3 is 1. The van der Waals surface area contributed by atoms with E-state index in [1.165, 1.54) is 13.2 Å². The van der Waals surface area contributed by atoms with Gasteiger partial charge in [0.1, 0.15) is 10.6 Å². The zero-order valence-corrected chi connectivity index (χ0v) is 13.9. The normalized spacial score (nSPS) is 11.0. The molecule has 0 aliphatic rings. The lowest BCUT2D eigenvalue weighted by Gasteiger charge is -2.13. The molecule has 4 nitrogen and oxygen atoms in total. The molecule has 0 saturated carbocycles. The first-order chi connectivity index (χ1) is 11.6. The Morgan fingerprint density at radius 1 is 0.708 bits per heavy atom. The molecular weight excluding hydrogens is 324 g/mol. The van der Waals surface area contributed by atoms with Gasteiger partial charge < -0.3 is 8.92 Å². The molecule has 0 radical (unpaired) electrons. The van der Waals surface area contributed by atoms with Crippen molar-refractivity contribution in [2.75, 3.05) is 7.11 Å². The number of hydrogen-bond acceptors (Lipinski definition) is 4. The van der Waals surface area contributed by atoms with Crippen LogP contribution < -0.4 is 8.92 Å². The number of rotatable bonds is 5. The molecule has 3 rings (SSSR count). The van der Waals surface area contributed by atoms with E-state index in [9.17, 15) is 8.42 Å². The molecule has 0 fully saturated rings. The molecule has 0 atom stereocenters. The Labute approximate surface area is 141 Å². The summed E-state index contributed by atoms with van der Waals surface area (Å²) in [7, 11) is -2.59. The van der Waals surface area contributed by atoms with Crippen molar-refractivity contribution in [2.24, 2.45) is 0 Å². The first-order valence-corrected chi connectivity index (χ1v) is 8.74. The summed E-state index contributed by atoms with van der Waals surface area (Å²) in [5.41, 5.74) is 1.58. The highest BCUT2D eigenvalue weighted by molar-refractivity contribution is 7.87. The van der Waals surface area contributed by atoms with Crippen LogP contribution in [0, 0.1) is 0 Å². The molecule has 0 saturated heterocycles. The van der Waals surface area contributed by atoms with Gasteiger partial charge in [0.15, 0.2) is 5.75 Å². The Morgan fingerprint density at radius 2 is 1.29 bits per heavy atom. The van der Waals surface area contributed by atoms with E-state index in [4.69, 9.17) is 8.92 Å². The van der Waals surface area contributed by atoms with Crippen LogP contribution in [0.25, 0.3) is 11.1 Å². The summed E-state index contributed by atoms with van der Waals surface area (Å²) in [5, 5.41) is 0. The molecule has 0 aliphatic carbocycles. The maximum absolute atomic E-state index is 12.7. The minimum absolute atomic E-state index is 0.00429. The van der Waals surface area contributed by atoms with Gasteiger partial charge in [-0.15, -0.1) is 0 Å². The molecular formula is C19H16O4S. The lowest BCUT2D eigenvalue weighted by atomic mass is 10.1. The number of ether oxygens (including phenoxy) is 1. The highest BCUT2D eigenvalue weighted by atomic mass is 32.2. The van der Waals surface area contributed by atoms with Crippen molar-refractivity contribution in [3.8, 4) is 22.6 Å². The van der Waals surface area contributed by atoms with Crippen molar-refractivity contribution < 1.29 is 17.3 Å². The third-order valence-electron chi connectivity index (χ3n) is 3.51. The summed E-state index contributed by atoms with van der Waals surface area (Å²) < 4.78 is 35.9. The minimum atomic E-state index is -4.01. The molecule has 0 amide bonds. The largest absolute Gasteiger partial charge is 0.495 e. The highest BCUT2D eigenvalue weighted by Crippen LogP contribution is 2.33. The highest BCUT2D eigenvalue weighted by Gasteiger charge is 2.22. The number of benzene rings is 3. The van der Waals surface area contributed by atoms with Crippen LogP contribution in [0.15, 0.2) is 83.8 Å². The molecule has 0 N–H and O–H groups in total.